The Balaban J connectivity index is 1.53. The van der Waals surface area contributed by atoms with Crippen LogP contribution >= 0.6 is 0 Å². The molecule has 2 saturated heterocycles. The first-order valence-corrected chi connectivity index (χ1v) is 8.99. The molecule has 25 heavy (non-hydrogen) atoms. The van der Waals surface area contributed by atoms with Gasteiger partial charge in [0.05, 0.1) is 30.7 Å². The number of rotatable bonds is 6. The molecule has 1 N–H and O–H groups in total. The van der Waals surface area contributed by atoms with Gasteiger partial charge in [0, 0.05) is 38.7 Å². The molecule has 7 heteroatoms. The van der Waals surface area contributed by atoms with Crippen LogP contribution in [0.25, 0.3) is 0 Å². The third-order valence-corrected chi connectivity index (χ3v) is 4.76. The van der Waals surface area contributed by atoms with Gasteiger partial charge in [-0.15, -0.1) is 0 Å². The van der Waals surface area contributed by atoms with Gasteiger partial charge in [0.2, 0.25) is 0 Å². The fourth-order valence-electron chi connectivity index (χ4n) is 3.32. The van der Waals surface area contributed by atoms with Gasteiger partial charge >= 0.3 is 0 Å². The maximum Gasteiger partial charge on any atom is 0.252 e. The third kappa shape index (κ3) is 4.68. The molecule has 0 atom stereocenters. The van der Waals surface area contributed by atoms with Crippen LogP contribution in [-0.2, 0) is 9.47 Å². The van der Waals surface area contributed by atoms with Gasteiger partial charge in [-0.3, -0.25) is 9.78 Å². The van der Waals surface area contributed by atoms with E-state index < -0.39 is 0 Å². The minimum absolute atomic E-state index is 0.0657. The molecule has 138 valence electrons. The summed E-state index contributed by atoms with van der Waals surface area (Å²) in [4.78, 5) is 20.9. The summed E-state index contributed by atoms with van der Waals surface area (Å²) in [6, 6.07) is 1.92. The summed E-state index contributed by atoms with van der Waals surface area (Å²) in [5.74, 6) is -0.449. The Morgan fingerprint density at radius 2 is 2.00 bits per heavy atom. The fraction of sp³-hybridized carbons (Fsp3) is 0.667. The number of nitrogens with zero attached hydrogens (tertiary/aromatic N) is 3. The van der Waals surface area contributed by atoms with Crippen LogP contribution in [0.5, 0.6) is 0 Å². The molecule has 2 fully saturated rings. The minimum atomic E-state index is -0.384. The summed E-state index contributed by atoms with van der Waals surface area (Å²) >= 11 is 0. The number of carbonyl (C=O) groups excluding carboxylic acids is 1. The lowest BCUT2D eigenvalue weighted by Crippen LogP contribution is -2.45. The first-order chi connectivity index (χ1) is 12.1. The highest BCUT2D eigenvalue weighted by Crippen LogP contribution is 2.33. The van der Waals surface area contributed by atoms with Crippen LogP contribution in [0.2, 0.25) is 0 Å². The van der Waals surface area contributed by atoms with Gasteiger partial charge in [0.1, 0.15) is 0 Å². The van der Waals surface area contributed by atoms with Crippen molar-refractivity contribution in [2.24, 2.45) is 0 Å². The van der Waals surface area contributed by atoms with Gasteiger partial charge in [-0.05, 0) is 33.1 Å². The van der Waals surface area contributed by atoms with Gasteiger partial charge in [0.15, 0.2) is 5.79 Å². The molecule has 0 bridgehead atoms. The average Bonchev–Trinajstić information content (AvgIpc) is 3.07. The summed E-state index contributed by atoms with van der Waals surface area (Å²) < 4.78 is 11.5. The second-order valence-corrected chi connectivity index (χ2v) is 6.94. The summed E-state index contributed by atoms with van der Waals surface area (Å²) in [7, 11) is 4.05. The maximum absolute atomic E-state index is 12.3. The Morgan fingerprint density at radius 1 is 1.28 bits per heavy atom. The second-order valence-electron chi connectivity index (χ2n) is 6.94. The smallest absolute Gasteiger partial charge is 0.252 e. The Morgan fingerprint density at radius 3 is 2.68 bits per heavy atom. The lowest BCUT2D eigenvalue weighted by molar-refractivity contribution is -0.169. The van der Waals surface area contributed by atoms with E-state index in [9.17, 15) is 4.79 Å². The first-order valence-electron chi connectivity index (χ1n) is 8.99. The topological polar surface area (TPSA) is 66.9 Å². The Hall–Kier alpha value is -1.70. The number of amides is 1. The predicted octanol–water partition coefficient (Wildman–Crippen LogP) is 1.11. The first kappa shape index (κ1) is 18.1. The third-order valence-electron chi connectivity index (χ3n) is 4.76. The molecule has 0 unspecified atom stereocenters. The highest BCUT2D eigenvalue weighted by molar-refractivity contribution is 5.94. The number of anilines is 1. The molecular formula is C18H28N4O3. The molecule has 7 nitrogen and oxygen atoms in total. The van der Waals surface area contributed by atoms with Gasteiger partial charge in [-0.2, -0.15) is 0 Å². The van der Waals surface area contributed by atoms with E-state index in [1.165, 1.54) is 0 Å². The van der Waals surface area contributed by atoms with Crippen molar-refractivity contribution in [2.45, 2.75) is 25.0 Å². The molecule has 3 heterocycles. The Kier molecular flexibility index (Phi) is 5.88. The molecule has 0 radical (unpaired) electrons. The summed E-state index contributed by atoms with van der Waals surface area (Å²) in [6.07, 6.45) is 6.05. The summed E-state index contributed by atoms with van der Waals surface area (Å²) in [5, 5.41) is 2.96. The molecule has 2 aliphatic rings. The number of nitrogens with one attached hydrogen (secondary N) is 1. The van der Waals surface area contributed by atoms with E-state index in [0.717, 1.165) is 44.6 Å². The van der Waals surface area contributed by atoms with Crippen LogP contribution < -0.4 is 10.2 Å². The van der Waals surface area contributed by atoms with Crippen molar-refractivity contribution in [3.8, 4) is 0 Å². The average molecular weight is 348 g/mol. The van der Waals surface area contributed by atoms with Crippen LogP contribution in [0.15, 0.2) is 18.5 Å². The van der Waals surface area contributed by atoms with E-state index in [1.807, 2.05) is 26.4 Å². The zero-order valence-electron chi connectivity index (χ0n) is 15.2. The van der Waals surface area contributed by atoms with Crippen molar-refractivity contribution in [2.75, 3.05) is 58.4 Å². The number of hydrogen-bond acceptors (Lipinski definition) is 6. The quantitative estimate of drug-likeness (QED) is 0.777. The largest absolute Gasteiger partial charge is 0.370 e. The lowest BCUT2D eigenvalue weighted by atomic mass is 10.0. The molecule has 1 amide bonds. The van der Waals surface area contributed by atoms with E-state index >= 15 is 0 Å². The van der Waals surface area contributed by atoms with Crippen LogP contribution in [0.4, 0.5) is 5.69 Å². The van der Waals surface area contributed by atoms with E-state index in [4.69, 9.17) is 9.47 Å². The van der Waals surface area contributed by atoms with Crippen molar-refractivity contribution in [1.82, 2.24) is 15.2 Å². The summed E-state index contributed by atoms with van der Waals surface area (Å²) in [5.41, 5.74) is 1.59. The molecule has 1 spiro atoms. The highest BCUT2D eigenvalue weighted by Gasteiger charge is 2.39. The molecule has 0 aromatic carbocycles. The second kappa shape index (κ2) is 8.12. The number of piperidine rings is 1. The summed E-state index contributed by atoms with van der Waals surface area (Å²) in [6.45, 7) is 4.68. The maximum atomic E-state index is 12.3. The van der Waals surface area contributed by atoms with Crippen molar-refractivity contribution < 1.29 is 14.3 Å². The Bertz CT molecular complexity index is 577. The number of hydrogen-bond donors (Lipinski definition) is 1. The van der Waals surface area contributed by atoms with E-state index in [0.29, 0.717) is 25.3 Å². The van der Waals surface area contributed by atoms with Gasteiger partial charge in [-0.1, -0.05) is 0 Å². The van der Waals surface area contributed by atoms with Crippen LogP contribution in [0.1, 0.15) is 29.6 Å². The van der Waals surface area contributed by atoms with Gasteiger partial charge in [-0.25, -0.2) is 0 Å². The lowest BCUT2D eigenvalue weighted by Gasteiger charge is -2.38. The SMILES string of the molecule is CN(C)CCCNC(=O)c1cncc(N2CCC3(CC2)OCCO3)c1. The number of pyridine rings is 1. The zero-order chi connectivity index (χ0) is 17.7. The van der Waals surface area contributed by atoms with Crippen molar-refractivity contribution in [1.29, 1.82) is 0 Å². The van der Waals surface area contributed by atoms with Crippen molar-refractivity contribution >= 4 is 11.6 Å². The molecule has 0 saturated carbocycles. The van der Waals surface area contributed by atoms with E-state index in [-0.39, 0.29) is 11.7 Å². The molecule has 3 rings (SSSR count). The van der Waals surface area contributed by atoms with Crippen molar-refractivity contribution in [3.05, 3.63) is 24.0 Å². The monoisotopic (exact) mass is 348 g/mol. The molecule has 2 aliphatic heterocycles. The predicted molar refractivity (Wildman–Crippen MR) is 95.8 cm³/mol. The molecule has 1 aromatic heterocycles. The zero-order valence-corrected chi connectivity index (χ0v) is 15.2. The number of carbonyl (C=O) groups is 1. The van der Waals surface area contributed by atoms with Crippen LogP contribution in [-0.4, -0.2) is 75.1 Å². The van der Waals surface area contributed by atoms with Crippen LogP contribution in [0, 0.1) is 0 Å². The van der Waals surface area contributed by atoms with Gasteiger partial charge in [0.25, 0.3) is 5.91 Å². The normalized spacial score (nSPS) is 19.6. The standard InChI is InChI=1S/C18H28N4O3/c1-21(2)7-3-6-20-17(23)15-12-16(14-19-13-15)22-8-4-18(5-9-22)24-10-11-25-18/h12-14H,3-11H2,1-2H3,(H,20,23). The van der Waals surface area contributed by atoms with Gasteiger partial charge < -0.3 is 24.6 Å². The van der Waals surface area contributed by atoms with E-state index in [1.54, 1.807) is 6.20 Å². The molecule has 0 aliphatic carbocycles. The number of aromatic nitrogens is 1. The highest BCUT2D eigenvalue weighted by atomic mass is 16.7. The molecule has 1 aromatic rings. The Labute approximate surface area is 149 Å². The number of ether oxygens (including phenoxy) is 2. The minimum Gasteiger partial charge on any atom is -0.370 e. The van der Waals surface area contributed by atoms with Crippen molar-refractivity contribution in [3.63, 3.8) is 0 Å². The fourth-order valence-corrected chi connectivity index (χ4v) is 3.32. The molecular weight excluding hydrogens is 320 g/mol. The van der Waals surface area contributed by atoms with E-state index in [2.05, 4.69) is 20.1 Å². The van der Waals surface area contributed by atoms with Crippen LogP contribution in [0.3, 0.4) is 0 Å².